The maximum atomic E-state index is 14.6. The zero-order valence-electron chi connectivity index (χ0n) is 17.0. The summed E-state index contributed by atoms with van der Waals surface area (Å²) in [5.41, 5.74) is 4.22. The van der Waals surface area contributed by atoms with Crippen molar-refractivity contribution in [3.8, 4) is 5.75 Å². The van der Waals surface area contributed by atoms with Crippen LogP contribution in [0.3, 0.4) is 0 Å². The van der Waals surface area contributed by atoms with Gasteiger partial charge in [0, 0.05) is 6.20 Å². The molecule has 1 saturated heterocycles. The first-order valence-electron chi connectivity index (χ1n) is 9.43. The molecule has 0 bridgehead atoms. The summed E-state index contributed by atoms with van der Waals surface area (Å²) < 4.78 is 52.4. The number of halogens is 2. The van der Waals surface area contributed by atoms with Crippen molar-refractivity contribution < 1.29 is 42.5 Å². The lowest BCUT2D eigenvalue weighted by Crippen LogP contribution is -2.42. The van der Waals surface area contributed by atoms with Crippen LogP contribution in [0.5, 0.6) is 5.75 Å². The maximum Gasteiger partial charge on any atom is 0.653 e. The predicted molar refractivity (Wildman–Crippen MR) is 107 cm³/mol. The third-order valence-corrected chi connectivity index (χ3v) is 5.74. The number of nitrogen functional groups attached to an aromatic ring is 1. The minimum atomic E-state index is -3.93. The van der Waals surface area contributed by atoms with E-state index in [0.29, 0.717) is 9.40 Å². The lowest BCUT2D eigenvalue weighted by atomic mass is 10.1. The summed E-state index contributed by atoms with van der Waals surface area (Å²) in [6.07, 6.45) is -5.44. The van der Waals surface area contributed by atoms with E-state index in [2.05, 4.69) is 4.98 Å². The first kappa shape index (κ1) is 24.6. The van der Waals surface area contributed by atoms with E-state index >= 15 is 0 Å². The van der Waals surface area contributed by atoms with Crippen molar-refractivity contribution in [3.05, 3.63) is 53.1 Å². The number of benzene rings is 1. The van der Waals surface area contributed by atoms with Gasteiger partial charge >= 0.3 is 25.8 Å². The van der Waals surface area contributed by atoms with Gasteiger partial charge in [0.2, 0.25) is 6.23 Å². The van der Waals surface area contributed by atoms with Crippen molar-refractivity contribution in [2.45, 2.75) is 37.3 Å². The van der Waals surface area contributed by atoms with Gasteiger partial charge < -0.3 is 25.5 Å². The number of carbonyl (C=O) groups is 1. The largest absolute Gasteiger partial charge is 0.653 e. The molecule has 178 valence electrons. The van der Waals surface area contributed by atoms with Crippen LogP contribution in [0.1, 0.15) is 13.2 Å². The van der Waals surface area contributed by atoms with Crippen LogP contribution in [0.25, 0.3) is 0 Å². The molecule has 5 atom stereocenters. The average molecular weight is 489 g/mol. The van der Waals surface area contributed by atoms with Gasteiger partial charge in [-0.2, -0.15) is 13.8 Å². The molecular weight excluding hydrogens is 469 g/mol. The van der Waals surface area contributed by atoms with Crippen molar-refractivity contribution >= 4 is 20.0 Å². The van der Waals surface area contributed by atoms with Gasteiger partial charge in [-0.3, -0.25) is 9.36 Å². The summed E-state index contributed by atoms with van der Waals surface area (Å²) in [5.74, 6) is -5.37. The number of anilines is 1. The lowest BCUT2D eigenvalue weighted by Gasteiger charge is -2.20. The number of nitrogens with two attached hydrogens (primary N) is 1. The minimum absolute atomic E-state index is 0.150. The third-order valence-electron chi connectivity index (χ3n) is 4.62. The highest BCUT2D eigenvalue weighted by molar-refractivity contribution is 7.36. The Morgan fingerprint density at radius 2 is 2.06 bits per heavy atom. The number of ether oxygens (including phenoxy) is 1. The number of carboxylic acids is 1. The van der Waals surface area contributed by atoms with E-state index in [1.54, 1.807) is 18.2 Å². The molecule has 2 heterocycles. The summed E-state index contributed by atoms with van der Waals surface area (Å²) in [6, 6.07) is 7.44. The Morgan fingerprint density at radius 1 is 1.39 bits per heavy atom. The maximum absolute atomic E-state index is 14.6. The van der Waals surface area contributed by atoms with E-state index in [1.165, 1.54) is 19.1 Å². The van der Waals surface area contributed by atoms with Gasteiger partial charge in [0.05, 0.1) is 0 Å². The molecule has 3 rings (SSSR count). The van der Waals surface area contributed by atoms with Crippen molar-refractivity contribution in [2.24, 2.45) is 0 Å². The Morgan fingerprint density at radius 3 is 2.67 bits per heavy atom. The van der Waals surface area contributed by atoms with Gasteiger partial charge in [0.15, 0.2) is 17.9 Å². The summed E-state index contributed by atoms with van der Waals surface area (Å²) in [6.45, 7) is 0.341. The molecule has 0 saturated carbocycles. The van der Waals surface area contributed by atoms with E-state index in [-0.39, 0.29) is 11.6 Å². The molecule has 1 aromatic heterocycles. The summed E-state index contributed by atoms with van der Waals surface area (Å²) in [4.78, 5) is 32.5. The second-order valence-electron chi connectivity index (χ2n) is 6.94. The number of rotatable bonds is 9. The fraction of sp³-hybridized carbons (Fsp3) is 0.389. The van der Waals surface area contributed by atoms with Crippen LogP contribution in [-0.4, -0.2) is 61.3 Å². The van der Waals surface area contributed by atoms with Gasteiger partial charge in [-0.25, -0.2) is 4.79 Å². The highest BCUT2D eigenvalue weighted by atomic mass is 31.1. The second kappa shape index (κ2) is 9.85. The highest BCUT2D eigenvalue weighted by Crippen LogP contribution is 2.43. The Kier molecular flexibility index (Phi) is 7.34. The summed E-state index contributed by atoms with van der Waals surface area (Å²) >= 11 is 0. The molecule has 0 radical (unpaired) electrons. The number of alkyl halides is 2. The molecule has 12 nitrogen and oxygen atoms in total. The van der Waals surface area contributed by atoms with Gasteiger partial charge in [-0.1, -0.05) is 18.2 Å². The molecule has 15 heteroatoms. The predicted octanol–water partition coefficient (Wildman–Crippen LogP) is 1.16. The number of hydroxylamine groups is 1. The van der Waals surface area contributed by atoms with Gasteiger partial charge in [0.1, 0.15) is 23.4 Å². The molecular formula is C18H20F2N4O8P+. The Balaban J connectivity index is 1.73. The van der Waals surface area contributed by atoms with Crippen LogP contribution >= 0.6 is 8.18 Å². The first-order chi connectivity index (χ1) is 15.5. The van der Waals surface area contributed by atoms with Crippen molar-refractivity contribution in [3.63, 3.8) is 0 Å². The molecule has 1 aromatic carbocycles. The number of aliphatic carboxylic acids is 1. The number of hydrogen-bond donors (Lipinski definition) is 3. The molecule has 0 aliphatic carbocycles. The number of aromatic nitrogens is 2. The quantitative estimate of drug-likeness (QED) is 0.342. The molecule has 1 aliphatic heterocycles. The van der Waals surface area contributed by atoms with Crippen molar-refractivity contribution in [1.82, 2.24) is 14.4 Å². The number of aliphatic hydroxyl groups is 1. The monoisotopic (exact) mass is 489 g/mol. The highest BCUT2D eigenvalue weighted by Gasteiger charge is 2.60. The molecule has 4 N–H and O–H groups in total. The molecule has 0 amide bonds. The zero-order valence-corrected chi connectivity index (χ0v) is 17.9. The molecule has 33 heavy (non-hydrogen) atoms. The number of hydrogen-bond acceptors (Lipinski definition) is 9. The molecule has 1 aliphatic rings. The average Bonchev–Trinajstić information content (AvgIpc) is 2.99. The van der Waals surface area contributed by atoms with Crippen LogP contribution in [-0.2, 0) is 18.6 Å². The standard InChI is InChI=1S/C18H19F2N4O8P/c1-10(15(26)27)24(32-11-5-3-2-4-6-11)33(29)30-9-12-14(25)18(19,20)16(31-12)23-8-7-13(21)22-17(23)28/h2-8,10,12,14,16,25H,9H2,1H3,(H2-,21,22,26,27,28)/p+1/t10?,12-,14+,16-/m1/s1. The van der Waals surface area contributed by atoms with E-state index in [4.69, 9.17) is 19.8 Å². The fourth-order valence-corrected chi connectivity index (χ4v) is 3.77. The Bertz CT molecular complexity index is 1070. The van der Waals surface area contributed by atoms with Gasteiger partial charge in [0.25, 0.3) is 0 Å². The van der Waals surface area contributed by atoms with Crippen LogP contribution < -0.4 is 16.3 Å². The fourth-order valence-electron chi connectivity index (χ4n) is 2.84. The van der Waals surface area contributed by atoms with Crippen molar-refractivity contribution in [1.29, 1.82) is 0 Å². The molecule has 2 aromatic rings. The van der Waals surface area contributed by atoms with Crippen LogP contribution in [0.2, 0.25) is 0 Å². The van der Waals surface area contributed by atoms with E-state index in [1.807, 2.05) is 0 Å². The minimum Gasteiger partial charge on any atom is -0.480 e. The normalized spacial score (nSPS) is 23.3. The number of para-hydroxylation sites is 1. The topological polar surface area (TPSA) is 166 Å². The van der Waals surface area contributed by atoms with Crippen molar-refractivity contribution in [2.75, 3.05) is 12.3 Å². The molecule has 0 spiro atoms. The zero-order chi connectivity index (χ0) is 24.3. The first-order valence-corrected chi connectivity index (χ1v) is 10.6. The number of nitrogens with zero attached hydrogens (tertiary/aromatic N) is 3. The number of carboxylic acid groups (broad SMARTS) is 1. The summed E-state index contributed by atoms with van der Waals surface area (Å²) in [7, 11) is -3.04. The van der Waals surface area contributed by atoms with Crippen LogP contribution in [0.4, 0.5) is 14.6 Å². The Hall–Kier alpha value is -3.03. The smallest absolute Gasteiger partial charge is 0.480 e. The Labute approximate surface area is 186 Å². The molecule has 2 unspecified atom stereocenters. The number of aliphatic hydroxyl groups excluding tert-OH is 1. The van der Waals surface area contributed by atoms with E-state index in [9.17, 15) is 33.1 Å². The van der Waals surface area contributed by atoms with Crippen LogP contribution in [0, 0.1) is 0 Å². The second-order valence-corrected chi connectivity index (χ2v) is 8.07. The van der Waals surface area contributed by atoms with Gasteiger partial charge in [-0.05, 0) is 29.7 Å². The molecule has 1 fully saturated rings. The summed E-state index contributed by atoms with van der Waals surface area (Å²) in [5, 5.41) is 19.3. The SMILES string of the molecule is CC(C(=O)O)N(Oc1ccccc1)[P+](=O)OC[C@H]1O[C@@H](n2ccc(N)nc2=O)C(F)(F)[C@H]1O. The van der Waals surface area contributed by atoms with Crippen LogP contribution in [0.15, 0.2) is 47.4 Å². The van der Waals surface area contributed by atoms with E-state index in [0.717, 1.165) is 12.3 Å². The van der Waals surface area contributed by atoms with Gasteiger partial charge in [-0.15, -0.1) is 4.52 Å². The lowest BCUT2D eigenvalue weighted by molar-refractivity contribution is -0.148. The van der Waals surface area contributed by atoms with E-state index < -0.39 is 56.8 Å². The third kappa shape index (κ3) is 5.31.